The molecule has 3 heterocycles. The van der Waals surface area contributed by atoms with Crippen LogP contribution in [0, 0.1) is 0 Å². The molecule has 5 N–H and O–H groups in total. The van der Waals surface area contributed by atoms with Crippen LogP contribution in [0.15, 0.2) is 51.0 Å². The van der Waals surface area contributed by atoms with Gasteiger partial charge in [-0.05, 0) is 12.1 Å². The maximum Gasteiger partial charge on any atom is 1.00 e. The monoisotopic (exact) mass is 614 g/mol. The number of esters is 1. The average molecular weight is 615 g/mol. The minimum Gasteiger partial charge on any atom is -0.543 e. The third-order valence-electron chi connectivity index (χ3n) is 5.46. The van der Waals surface area contributed by atoms with Crippen LogP contribution in [0.1, 0.15) is 12.6 Å². The van der Waals surface area contributed by atoms with Gasteiger partial charge in [0.05, 0.1) is 11.7 Å². The Morgan fingerprint density at radius 2 is 2.05 bits per heavy atom. The molecular formula is C23H23N6NaO7S3. The van der Waals surface area contributed by atoms with Crippen molar-refractivity contribution in [1.82, 2.24) is 15.2 Å². The second kappa shape index (κ2) is 14.2. The molecular weight excluding hydrogens is 591 g/mol. The number of carboxylic acids is 1. The van der Waals surface area contributed by atoms with Gasteiger partial charge in [0.2, 0.25) is 0 Å². The Kier molecular flexibility index (Phi) is 11.3. The second-order valence-corrected chi connectivity index (χ2v) is 11.2. The molecule has 40 heavy (non-hydrogen) atoms. The number of aromatic nitrogens is 1. The molecule has 13 nitrogen and oxygen atoms in total. The summed E-state index contributed by atoms with van der Waals surface area (Å²) < 4.78 is 4.90. The number of hydrogen-bond donors (Lipinski definition) is 3. The maximum atomic E-state index is 13.2. The van der Waals surface area contributed by atoms with Crippen LogP contribution < -0.4 is 51.4 Å². The number of anilines is 2. The molecule has 4 rings (SSSR count). The van der Waals surface area contributed by atoms with Gasteiger partial charge < -0.3 is 36.3 Å². The number of thioether (sulfide) groups is 2. The molecule has 206 valence electrons. The van der Waals surface area contributed by atoms with Gasteiger partial charge >= 0.3 is 35.5 Å². The van der Waals surface area contributed by atoms with Gasteiger partial charge in [-0.25, -0.2) is 4.98 Å². The van der Waals surface area contributed by atoms with Crippen molar-refractivity contribution in [2.45, 2.75) is 23.2 Å². The first-order valence-corrected chi connectivity index (χ1v) is 14.3. The fraction of sp³-hybridized carbons (Fsp3) is 0.304. The number of nitrogen functional groups attached to an aromatic ring is 2. The third kappa shape index (κ3) is 7.30. The van der Waals surface area contributed by atoms with Crippen LogP contribution in [0.4, 0.5) is 10.8 Å². The molecule has 2 aliphatic rings. The normalized spacial score (nSPS) is 18.3. The Balaban J connectivity index is 0.00000441. The number of carbonyl (C=O) groups is 4. The number of thiazole rings is 1. The Morgan fingerprint density at radius 1 is 1.30 bits per heavy atom. The van der Waals surface area contributed by atoms with Gasteiger partial charge in [-0.1, -0.05) is 17.3 Å². The van der Waals surface area contributed by atoms with E-state index >= 15 is 0 Å². The Morgan fingerprint density at radius 3 is 2.70 bits per heavy atom. The van der Waals surface area contributed by atoms with E-state index in [1.54, 1.807) is 6.07 Å². The first-order valence-electron chi connectivity index (χ1n) is 11.4. The SMILES string of the molecule is CC(=O)OCC1=C(C(=O)[O-])N2C(=O)C(NC(=O)C(=NOCCSc3ccccc3N)c3csc(N)n3)[C@H]2SC1.[Na+]. The van der Waals surface area contributed by atoms with Crippen molar-refractivity contribution in [1.29, 1.82) is 0 Å². The van der Waals surface area contributed by atoms with E-state index in [-0.39, 0.29) is 76.3 Å². The summed E-state index contributed by atoms with van der Waals surface area (Å²) in [5.74, 6) is -2.92. The van der Waals surface area contributed by atoms with E-state index in [4.69, 9.17) is 21.0 Å². The fourth-order valence-electron chi connectivity index (χ4n) is 3.69. The quantitative estimate of drug-likeness (QED) is 0.0335. The number of aliphatic carboxylic acids is 1. The fourth-order valence-corrected chi connectivity index (χ4v) is 6.36. The zero-order chi connectivity index (χ0) is 28.1. The van der Waals surface area contributed by atoms with Gasteiger partial charge in [-0.3, -0.25) is 19.3 Å². The minimum atomic E-state index is -1.58. The smallest absolute Gasteiger partial charge is 0.543 e. The number of nitrogens with zero attached hydrogens (tertiary/aromatic N) is 3. The first kappa shape index (κ1) is 31.8. The summed E-state index contributed by atoms with van der Waals surface area (Å²) in [6, 6.07) is 6.33. The van der Waals surface area contributed by atoms with E-state index in [1.807, 2.05) is 18.2 Å². The van der Waals surface area contributed by atoms with Crippen LogP contribution in [-0.4, -0.2) is 75.5 Å². The number of benzene rings is 1. The summed E-state index contributed by atoms with van der Waals surface area (Å²) in [6.45, 7) is 1.05. The summed E-state index contributed by atoms with van der Waals surface area (Å²) in [5.41, 5.74) is 12.1. The number of oxime groups is 1. The molecule has 0 aliphatic carbocycles. The molecule has 2 amide bonds. The molecule has 2 aliphatic heterocycles. The zero-order valence-corrected chi connectivity index (χ0v) is 25.9. The number of ether oxygens (including phenoxy) is 1. The molecule has 2 atom stereocenters. The number of β-lactam (4-membered cyclic amide) rings is 1. The van der Waals surface area contributed by atoms with Crippen LogP contribution in [0.5, 0.6) is 0 Å². The number of nitrogens with one attached hydrogen (secondary N) is 1. The van der Waals surface area contributed by atoms with E-state index in [2.05, 4.69) is 15.5 Å². The molecule has 1 aromatic heterocycles. The van der Waals surface area contributed by atoms with Gasteiger partial charge in [0.15, 0.2) is 10.8 Å². The van der Waals surface area contributed by atoms with Gasteiger partial charge in [-0.2, -0.15) is 0 Å². The molecule has 1 unspecified atom stereocenters. The zero-order valence-electron chi connectivity index (χ0n) is 21.4. The Bertz CT molecular complexity index is 1370. The molecule has 0 bridgehead atoms. The predicted molar refractivity (Wildman–Crippen MR) is 144 cm³/mol. The third-order valence-corrected chi connectivity index (χ3v) is 8.53. The molecule has 0 saturated carbocycles. The molecule has 2 aromatic rings. The van der Waals surface area contributed by atoms with E-state index in [0.717, 1.165) is 21.1 Å². The predicted octanol–water partition coefficient (Wildman–Crippen LogP) is -3.21. The van der Waals surface area contributed by atoms with E-state index in [1.165, 1.54) is 35.8 Å². The summed E-state index contributed by atoms with van der Waals surface area (Å²) in [7, 11) is 0. The van der Waals surface area contributed by atoms with Gasteiger partial charge in [0.25, 0.3) is 11.8 Å². The number of carboxylic acid groups (broad SMARTS) is 1. The number of rotatable bonds is 11. The van der Waals surface area contributed by atoms with Crippen LogP contribution in [0.3, 0.4) is 0 Å². The van der Waals surface area contributed by atoms with Gasteiger partial charge in [-0.15, -0.1) is 34.9 Å². The summed E-state index contributed by atoms with van der Waals surface area (Å²) in [4.78, 5) is 60.4. The Hall–Kier alpha value is -2.76. The topological polar surface area (TPSA) is 202 Å². The summed E-state index contributed by atoms with van der Waals surface area (Å²) >= 11 is 3.77. The van der Waals surface area contributed by atoms with Crippen molar-refractivity contribution in [3.63, 3.8) is 0 Å². The molecule has 1 saturated heterocycles. The number of fused-ring (bicyclic) bond motifs is 1. The van der Waals surface area contributed by atoms with Crippen molar-refractivity contribution in [2.24, 2.45) is 5.16 Å². The maximum absolute atomic E-state index is 13.2. The van der Waals surface area contributed by atoms with E-state index < -0.39 is 35.2 Å². The van der Waals surface area contributed by atoms with Gasteiger partial charge in [0.1, 0.15) is 30.3 Å². The standard InChI is InChI=1S/C23H24N6O7S3.Na/c1-11(30)35-8-12-9-38-21-17(20(32)29(21)18(12)22(33)34)27-19(31)16(14-10-39-23(25)26-14)28-36-6-7-37-15-5-3-2-4-13(15)24;/h2-5,10,17,21H,6-9,24H2,1H3,(H2,25,26)(H,27,31)(H,33,34);/q;+1/p-1/t17?,21-;/m1./s1. The van der Waals surface area contributed by atoms with Crippen molar-refractivity contribution in [3.05, 3.63) is 46.6 Å². The van der Waals surface area contributed by atoms with Crippen LogP contribution in [0.2, 0.25) is 0 Å². The molecule has 1 aromatic carbocycles. The second-order valence-electron chi connectivity index (χ2n) is 8.11. The van der Waals surface area contributed by atoms with Gasteiger partial charge in [0, 0.05) is 40.0 Å². The molecule has 1 fully saturated rings. The molecule has 0 radical (unpaired) electrons. The molecule has 17 heteroatoms. The van der Waals surface area contributed by atoms with Crippen molar-refractivity contribution in [2.75, 3.05) is 36.2 Å². The summed E-state index contributed by atoms with van der Waals surface area (Å²) in [5, 5.41) is 19.4. The van der Waals surface area contributed by atoms with E-state index in [0.29, 0.717) is 11.4 Å². The number of para-hydroxylation sites is 1. The first-order chi connectivity index (χ1) is 18.7. The van der Waals surface area contributed by atoms with Crippen molar-refractivity contribution < 1.29 is 63.4 Å². The largest absolute Gasteiger partial charge is 1.00 e. The minimum absolute atomic E-state index is 0. The summed E-state index contributed by atoms with van der Waals surface area (Å²) in [6.07, 6.45) is 0. The number of amides is 2. The molecule has 0 spiro atoms. The van der Waals surface area contributed by atoms with E-state index in [9.17, 15) is 24.3 Å². The number of hydrogen-bond acceptors (Lipinski definition) is 14. The van der Waals surface area contributed by atoms with Crippen molar-refractivity contribution >= 4 is 75.1 Å². The van der Waals surface area contributed by atoms with Crippen LogP contribution in [-0.2, 0) is 28.8 Å². The van der Waals surface area contributed by atoms with Crippen molar-refractivity contribution in [3.8, 4) is 0 Å². The van der Waals surface area contributed by atoms with Crippen LogP contribution >= 0.6 is 34.9 Å². The average Bonchev–Trinajstić information content (AvgIpc) is 3.33. The number of nitrogens with two attached hydrogens (primary N) is 2. The van der Waals surface area contributed by atoms with Crippen LogP contribution in [0.25, 0.3) is 0 Å². The number of carbonyl (C=O) groups excluding carboxylic acids is 4. The Labute approximate surface area is 263 Å².